The number of hydrogen-bond donors (Lipinski definition) is 0. The van der Waals surface area contributed by atoms with Crippen LogP contribution in [0.5, 0.6) is 0 Å². The highest BCUT2D eigenvalue weighted by Gasteiger charge is 1.51. The van der Waals surface area contributed by atoms with Crippen molar-refractivity contribution in [3.05, 3.63) is 12.3 Å². The molecule has 1 nitrogen and oxygen atoms in total. The summed E-state index contributed by atoms with van der Waals surface area (Å²) in [4.78, 5) is 0. The second-order valence-corrected chi connectivity index (χ2v) is 0.705. The normalized spacial score (nSPS) is 8.00. The zero-order valence-corrected chi connectivity index (χ0v) is 3.64. The molecule has 32 valence electrons. The Kier molecular flexibility index (Phi) is 3.48. The summed E-state index contributed by atoms with van der Waals surface area (Å²) in [5.41, 5.74) is 0. The summed E-state index contributed by atoms with van der Waals surface area (Å²) in [5, 5.41) is 0. The summed E-state index contributed by atoms with van der Waals surface area (Å²) < 4.78 is 4.46. The van der Waals surface area contributed by atoms with Gasteiger partial charge in [-0.25, -0.2) is 0 Å². The van der Waals surface area contributed by atoms with Gasteiger partial charge in [0.25, 0.3) is 0 Å². The van der Waals surface area contributed by atoms with Crippen LogP contribution in [0.2, 0.25) is 0 Å². The molecule has 0 unspecified atom stereocenters. The van der Waals surface area contributed by atoms with Gasteiger partial charge in [-0.3, -0.25) is 0 Å². The van der Waals surface area contributed by atoms with Crippen LogP contribution in [0.1, 0.15) is 0 Å². The van der Waals surface area contributed by atoms with E-state index in [9.17, 15) is 0 Å². The topological polar surface area (TPSA) is 9.23 Å². The molecule has 1 heteroatoms. The lowest BCUT2D eigenvalue weighted by atomic mass is 10.7. The molecule has 0 saturated heterocycles. The molecule has 0 radical (unpaired) electrons. The molecule has 0 aliphatic carbocycles. The molecule has 0 saturated carbocycles. The molecule has 6 heavy (non-hydrogen) atoms. The summed E-state index contributed by atoms with van der Waals surface area (Å²) in [7, 11) is 1.55. The van der Waals surface area contributed by atoms with Gasteiger partial charge in [-0.1, -0.05) is 5.92 Å². The van der Waals surface area contributed by atoms with E-state index in [-0.39, 0.29) is 0 Å². The van der Waals surface area contributed by atoms with Crippen LogP contribution >= 0.6 is 0 Å². The SMILES string of the molecule is C#C/C=C/OC. The second-order valence-electron chi connectivity index (χ2n) is 0.705. The number of hydrogen-bond acceptors (Lipinski definition) is 1. The Morgan fingerprint density at radius 2 is 2.50 bits per heavy atom. The molecule has 0 rings (SSSR count). The van der Waals surface area contributed by atoms with Crippen molar-refractivity contribution in [2.75, 3.05) is 7.11 Å². The monoisotopic (exact) mass is 82.0 g/mol. The van der Waals surface area contributed by atoms with E-state index >= 15 is 0 Å². The van der Waals surface area contributed by atoms with E-state index in [0.29, 0.717) is 0 Å². The summed E-state index contributed by atoms with van der Waals surface area (Å²) >= 11 is 0. The van der Waals surface area contributed by atoms with Gasteiger partial charge in [-0.05, 0) is 0 Å². The first-order chi connectivity index (χ1) is 2.91. The summed E-state index contributed by atoms with van der Waals surface area (Å²) in [5.74, 6) is 2.26. The van der Waals surface area contributed by atoms with Crippen LogP contribution in [0.25, 0.3) is 0 Å². The van der Waals surface area contributed by atoms with E-state index in [1.807, 2.05) is 0 Å². The smallest absolute Gasteiger partial charge is 0.0907 e. The number of terminal acetylenes is 1. The molecule has 0 heterocycles. The largest absolute Gasteiger partial charge is 0.504 e. The fraction of sp³-hybridized carbons (Fsp3) is 0.200. The first kappa shape index (κ1) is 5.10. The highest BCUT2D eigenvalue weighted by molar-refractivity contribution is 5.05. The van der Waals surface area contributed by atoms with Crippen molar-refractivity contribution < 1.29 is 4.74 Å². The van der Waals surface area contributed by atoms with Crippen LogP contribution in [0.15, 0.2) is 12.3 Å². The van der Waals surface area contributed by atoms with Crippen LogP contribution in [0, 0.1) is 12.3 Å². The highest BCUT2D eigenvalue weighted by Crippen LogP contribution is 1.64. The molecule has 0 N–H and O–H groups in total. The Bertz CT molecular complexity index is 76.4. The summed E-state index contributed by atoms with van der Waals surface area (Å²) in [6.45, 7) is 0. The van der Waals surface area contributed by atoms with E-state index in [1.165, 1.54) is 12.3 Å². The van der Waals surface area contributed by atoms with Crippen LogP contribution in [0.4, 0.5) is 0 Å². The Labute approximate surface area is 37.6 Å². The maximum Gasteiger partial charge on any atom is 0.0907 e. The quantitative estimate of drug-likeness (QED) is 0.335. The Morgan fingerprint density at radius 3 is 2.67 bits per heavy atom. The standard InChI is InChI=1S/C5H6O/c1-3-4-5-6-2/h1,4-5H,2H3/b5-4+. The third kappa shape index (κ3) is 3.10. The van der Waals surface area contributed by atoms with Crippen LogP contribution in [-0.4, -0.2) is 7.11 Å². The van der Waals surface area contributed by atoms with E-state index in [4.69, 9.17) is 6.42 Å². The van der Waals surface area contributed by atoms with Crippen molar-refractivity contribution in [1.82, 2.24) is 0 Å². The van der Waals surface area contributed by atoms with Gasteiger partial charge in [-0.2, -0.15) is 0 Å². The second kappa shape index (κ2) is 4.10. The van der Waals surface area contributed by atoms with Gasteiger partial charge >= 0.3 is 0 Å². The predicted octanol–water partition coefficient (Wildman–Crippen LogP) is 0.780. The average molecular weight is 82.1 g/mol. The number of allylic oxidation sites excluding steroid dienone is 1. The molecule has 0 atom stereocenters. The maximum absolute atomic E-state index is 4.80. The fourth-order valence-electron chi connectivity index (χ4n) is 0.107. The van der Waals surface area contributed by atoms with Crippen LogP contribution in [-0.2, 0) is 4.74 Å². The van der Waals surface area contributed by atoms with Crippen molar-refractivity contribution in [2.45, 2.75) is 0 Å². The van der Waals surface area contributed by atoms with Gasteiger partial charge < -0.3 is 4.74 Å². The zero-order valence-electron chi connectivity index (χ0n) is 3.64. The van der Waals surface area contributed by atoms with Crippen LogP contribution < -0.4 is 0 Å². The minimum Gasteiger partial charge on any atom is -0.504 e. The molecule has 0 aromatic rings. The molecule has 0 aromatic carbocycles. The molecule has 0 aliphatic rings. The molecular weight excluding hydrogens is 76.1 g/mol. The van der Waals surface area contributed by atoms with Gasteiger partial charge in [0.2, 0.25) is 0 Å². The zero-order chi connectivity index (χ0) is 4.83. The van der Waals surface area contributed by atoms with Crippen LogP contribution in [0.3, 0.4) is 0 Å². The van der Waals surface area contributed by atoms with Gasteiger partial charge in [0.1, 0.15) is 0 Å². The molecular formula is C5H6O. The third-order valence-corrected chi connectivity index (χ3v) is 0.300. The summed E-state index contributed by atoms with van der Waals surface area (Å²) in [6, 6.07) is 0. The Balaban J connectivity index is 3.02. The van der Waals surface area contributed by atoms with E-state index in [0.717, 1.165) is 0 Å². The van der Waals surface area contributed by atoms with Gasteiger partial charge in [0, 0.05) is 6.08 Å². The molecule has 0 fully saturated rings. The summed E-state index contributed by atoms with van der Waals surface area (Å²) in [6.07, 6.45) is 7.73. The number of ether oxygens (including phenoxy) is 1. The van der Waals surface area contributed by atoms with Gasteiger partial charge in [0.15, 0.2) is 0 Å². The highest BCUT2D eigenvalue weighted by atomic mass is 16.5. The lowest BCUT2D eigenvalue weighted by Crippen LogP contribution is -1.59. The van der Waals surface area contributed by atoms with Crippen molar-refractivity contribution in [1.29, 1.82) is 0 Å². The molecule has 0 aliphatic heterocycles. The third-order valence-electron chi connectivity index (χ3n) is 0.300. The van der Waals surface area contributed by atoms with Crippen molar-refractivity contribution in [3.63, 3.8) is 0 Å². The Morgan fingerprint density at radius 1 is 1.83 bits per heavy atom. The molecule has 0 aromatic heterocycles. The van der Waals surface area contributed by atoms with Crippen molar-refractivity contribution in [3.8, 4) is 12.3 Å². The number of rotatable bonds is 1. The minimum atomic E-state index is 1.44. The van der Waals surface area contributed by atoms with Crippen molar-refractivity contribution >= 4 is 0 Å². The van der Waals surface area contributed by atoms with E-state index < -0.39 is 0 Å². The Hall–Kier alpha value is -0.900. The molecule has 0 amide bonds. The average Bonchev–Trinajstić information content (AvgIpc) is 1.61. The lowest BCUT2D eigenvalue weighted by Gasteiger charge is -1.76. The van der Waals surface area contributed by atoms with Crippen molar-refractivity contribution in [2.24, 2.45) is 0 Å². The van der Waals surface area contributed by atoms with Gasteiger partial charge in [0.05, 0.1) is 13.4 Å². The fourth-order valence-corrected chi connectivity index (χ4v) is 0.107. The van der Waals surface area contributed by atoms with Gasteiger partial charge in [-0.15, -0.1) is 6.42 Å². The minimum absolute atomic E-state index is 1.44. The lowest BCUT2D eigenvalue weighted by molar-refractivity contribution is 0.338. The first-order valence-corrected chi connectivity index (χ1v) is 1.55. The molecule has 0 spiro atoms. The number of methoxy groups -OCH3 is 1. The molecule has 0 bridgehead atoms. The maximum atomic E-state index is 4.80. The van der Waals surface area contributed by atoms with E-state index in [2.05, 4.69) is 10.7 Å². The predicted molar refractivity (Wildman–Crippen MR) is 25.0 cm³/mol. The first-order valence-electron chi connectivity index (χ1n) is 1.55. The van der Waals surface area contributed by atoms with E-state index in [1.54, 1.807) is 7.11 Å².